The lowest BCUT2D eigenvalue weighted by atomic mass is 9.88. The second-order valence-electron chi connectivity index (χ2n) is 11.5. The Bertz CT molecular complexity index is 1720. The van der Waals surface area contributed by atoms with Crippen molar-refractivity contribution in [2.45, 2.75) is 64.9 Å². The third-order valence-electron chi connectivity index (χ3n) is 8.43. The zero-order chi connectivity index (χ0) is 30.4. The molecule has 3 heterocycles. The van der Waals surface area contributed by atoms with E-state index in [0.717, 1.165) is 6.20 Å². The van der Waals surface area contributed by atoms with Crippen LogP contribution < -0.4 is 10.1 Å². The number of nitrogens with zero attached hydrogens (tertiary/aromatic N) is 2. The van der Waals surface area contributed by atoms with Gasteiger partial charge in [-0.2, -0.15) is 4.31 Å². The molecule has 11 nitrogen and oxygen atoms in total. The average Bonchev–Trinajstić information content (AvgIpc) is 3.79. The summed E-state index contributed by atoms with van der Waals surface area (Å²) in [6.07, 6.45) is 3.05. The second kappa shape index (κ2) is 11.6. The van der Waals surface area contributed by atoms with Crippen molar-refractivity contribution >= 4 is 30.8 Å². The molecule has 3 fully saturated rings. The van der Waals surface area contributed by atoms with E-state index in [-0.39, 0.29) is 58.2 Å². The molecule has 1 spiro atoms. The summed E-state index contributed by atoms with van der Waals surface area (Å²) in [5.74, 6) is -0.792. The molecular formula is C29H34FN3O8S2. The van der Waals surface area contributed by atoms with Crippen LogP contribution in [-0.2, 0) is 24.6 Å². The van der Waals surface area contributed by atoms with Crippen molar-refractivity contribution in [3.63, 3.8) is 0 Å². The van der Waals surface area contributed by atoms with Gasteiger partial charge < -0.3 is 25.0 Å². The van der Waals surface area contributed by atoms with E-state index >= 15 is 0 Å². The molecule has 3 N–H and O–H groups in total. The summed E-state index contributed by atoms with van der Waals surface area (Å²) in [5, 5.41) is 24.1. The molecule has 0 amide bonds. The highest BCUT2D eigenvalue weighted by Crippen LogP contribution is 2.39. The van der Waals surface area contributed by atoms with Crippen molar-refractivity contribution in [3.8, 4) is 11.5 Å². The minimum absolute atomic E-state index is 0.0193. The summed E-state index contributed by atoms with van der Waals surface area (Å²) in [6, 6.07) is 10.3. The lowest BCUT2D eigenvalue weighted by molar-refractivity contribution is -0.0312. The molecule has 2 aromatic carbocycles. The minimum Gasteiger partial charge on any atom is -0.506 e. The maximum atomic E-state index is 14.0. The maximum Gasteiger partial charge on any atom is 0.248 e. The van der Waals surface area contributed by atoms with E-state index in [1.165, 1.54) is 28.6 Å². The van der Waals surface area contributed by atoms with Crippen molar-refractivity contribution in [2.75, 3.05) is 32.8 Å². The molecule has 1 aliphatic carbocycles. The van der Waals surface area contributed by atoms with Crippen LogP contribution in [0.25, 0.3) is 10.9 Å². The van der Waals surface area contributed by atoms with E-state index in [1.54, 1.807) is 18.2 Å². The molecule has 43 heavy (non-hydrogen) atoms. The number of piperidine rings is 1. The van der Waals surface area contributed by atoms with Gasteiger partial charge in [-0.3, -0.25) is 4.98 Å². The summed E-state index contributed by atoms with van der Waals surface area (Å²) in [5.41, 5.74) is -0.606. The molecule has 6 rings (SSSR count). The van der Waals surface area contributed by atoms with Crippen LogP contribution in [0.4, 0.5) is 4.39 Å². The van der Waals surface area contributed by atoms with Crippen LogP contribution in [-0.4, -0.2) is 92.2 Å². The van der Waals surface area contributed by atoms with Gasteiger partial charge in [-0.1, -0.05) is 12.1 Å². The topological polar surface area (TPSA) is 155 Å². The summed E-state index contributed by atoms with van der Waals surface area (Å²) < 4.78 is 78.8. The number of aliphatic hydroxyl groups is 1. The van der Waals surface area contributed by atoms with E-state index in [1.807, 2.05) is 0 Å². The van der Waals surface area contributed by atoms with Crippen molar-refractivity contribution in [2.24, 2.45) is 0 Å². The Morgan fingerprint density at radius 1 is 1.14 bits per heavy atom. The number of rotatable bonds is 10. The third-order valence-corrected chi connectivity index (χ3v) is 12.6. The number of aromatic hydroxyl groups is 1. The minimum atomic E-state index is -4.07. The van der Waals surface area contributed by atoms with Crippen molar-refractivity contribution in [1.82, 2.24) is 14.6 Å². The molecule has 0 bridgehead atoms. The Morgan fingerprint density at radius 2 is 1.88 bits per heavy atom. The Labute approximate surface area is 249 Å². The monoisotopic (exact) mass is 635 g/mol. The number of pyridine rings is 1. The van der Waals surface area contributed by atoms with Gasteiger partial charge >= 0.3 is 0 Å². The van der Waals surface area contributed by atoms with Gasteiger partial charge in [0.05, 0.1) is 28.6 Å². The molecule has 2 aliphatic heterocycles. The van der Waals surface area contributed by atoms with E-state index in [4.69, 9.17) is 9.47 Å². The maximum absolute atomic E-state index is 14.0. The Morgan fingerprint density at radius 3 is 2.63 bits per heavy atom. The van der Waals surface area contributed by atoms with Crippen molar-refractivity contribution in [1.29, 1.82) is 0 Å². The highest BCUT2D eigenvalue weighted by Gasteiger charge is 2.45. The smallest absolute Gasteiger partial charge is 0.248 e. The number of nitrogens with one attached hydrogen (secondary N) is 1. The molecule has 0 radical (unpaired) electrons. The zero-order valence-electron chi connectivity index (χ0n) is 23.4. The normalized spacial score (nSPS) is 21.8. The molecule has 3 aromatic rings. The SMILES string of the molecule is O=S(=O)(c1cccc(OCC(O)CN[C@H]2COC3(CCN(S(=O)(=O)c4cnc5c(F)cccc5c4O)CC3)C2)c1)C1CC1. The van der Waals surface area contributed by atoms with Crippen LogP contribution in [0.3, 0.4) is 0 Å². The van der Waals surface area contributed by atoms with Crippen molar-refractivity contribution < 1.29 is 40.9 Å². The van der Waals surface area contributed by atoms with Crippen LogP contribution in [0.2, 0.25) is 0 Å². The van der Waals surface area contributed by atoms with E-state index in [9.17, 15) is 31.4 Å². The first-order valence-corrected chi connectivity index (χ1v) is 17.3. The predicted molar refractivity (Wildman–Crippen MR) is 155 cm³/mol. The molecule has 1 aromatic heterocycles. The van der Waals surface area contributed by atoms with Gasteiger partial charge in [-0.15, -0.1) is 0 Å². The van der Waals surface area contributed by atoms with Crippen LogP contribution in [0, 0.1) is 5.82 Å². The molecule has 1 saturated carbocycles. The van der Waals surface area contributed by atoms with Crippen LogP contribution >= 0.6 is 0 Å². The fourth-order valence-electron chi connectivity index (χ4n) is 5.81. The fourth-order valence-corrected chi connectivity index (χ4v) is 8.98. The van der Waals surface area contributed by atoms with Crippen LogP contribution in [0.5, 0.6) is 11.5 Å². The Balaban J connectivity index is 0.992. The average molecular weight is 636 g/mol. The number of hydrogen-bond donors (Lipinski definition) is 3. The Hall–Kier alpha value is -2.88. The van der Waals surface area contributed by atoms with E-state index < -0.39 is 43.1 Å². The molecule has 1 unspecified atom stereocenters. The van der Waals surface area contributed by atoms with Gasteiger partial charge in [0, 0.05) is 31.1 Å². The first-order chi connectivity index (χ1) is 20.5. The zero-order valence-corrected chi connectivity index (χ0v) is 25.0. The lowest BCUT2D eigenvalue weighted by Gasteiger charge is -2.38. The molecule has 14 heteroatoms. The summed E-state index contributed by atoms with van der Waals surface area (Å²) in [7, 11) is -7.40. The van der Waals surface area contributed by atoms with Gasteiger partial charge in [0.2, 0.25) is 10.0 Å². The third kappa shape index (κ3) is 6.08. The Kier molecular flexibility index (Phi) is 8.11. The molecule has 3 aliphatic rings. The number of aliphatic hydroxyl groups excluding tert-OH is 1. The van der Waals surface area contributed by atoms with E-state index in [0.29, 0.717) is 44.5 Å². The number of aromatic nitrogens is 1. The standard InChI is InChI=1S/C29H34FN3O8S2/c30-25-6-2-5-24-27(25)32-16-26(28(24)35)43(38,39)33-11-9-29(10-12-33)14-19(17-41-29)31-15-20(34)18-40-21-3-1-4-23(13-21)42(36,37)22-7-8-22/h1-6,13,16,19-20,22,31,34H,7-12,14-15,17-18H2,(H,32,35)/t19-,20?/m1/s1. The number of ether oxygens (including phenoxy) is 2. The summed E-state index contributed by atoms with van der Waals surface area (Å²) in [6.45, 7) is 0.986. The number of fused-ring (bicyclic) bond motifs is 1. The van der Waals surface area contributed by atoms with Gasteiger partial charge in [0.15, 0.2) is 9.84 Å². The highest BCUT2D eigenvalue weighted by molar-refractivity contribution is 7.92. The molecule has 2 saturated heterocycles. The molecule has 232 valence electrons. The number of sulfonamides is 1. The van der Waals surface area contributed by atoms with Crippen molar-refractivity contribution in [3.05, 3.63) is 54.5 Å². The van der Waals surface area contributed by atoms with Gasteiger partial charge in [0.25, 0.3) is 0 Å². The summed E-state index contributed by atoms with van der Waals surface area (Å²) in [4.78, 5) is 3.81. The van der Waals surface area contributed by atoms with Gasteiger partial charge in [0.1, 0.15) is 40.4 Å². The largest absolute Gasteiger partial charge is 0.506 e. The van der Waals surface area contributed by atoms with Gasteiger partial charge in [-0.05, 0) is 62.4 Å². The fraction of sp³-hybridized carbons (Fsp3) is 0.483. The molecule has 2 atom stereocenters. The number of sulfone groups is 1. The number of benzene rings is 2. The first-order valence-electron chi connectivity index (χ1n) is 14.3. The van der Waals surface area contributed by atoms with Gasteiger partial charge in [-0.25, -0.2) is 21.2 Å². The second-order valence-corrected chi connectivity index (χ2v) is 15.6. The number of hydrogen-bond acceptors (Lipinski definition) is 10. The summed E-state index contributed by atoms with van der Waals surface area (Å²) >= 11 is 0. The number of halogens is 1. The van der Waals surface area contributed by atoms with E-state index in [2.05, 4.69) is 10.3 Å². The first kappa shape index (κ1) is 30.2. The predicted octanol–water partition coefficient (Wildman–Crippen LogP) is 2.36. The van der Waals surface area contributed by atoms with Crippen LogP contribution in [0.15, 0.2) is 58.5 Å². The van der Waals surface area contributed by atoms with Crippen LogP contribution in [0.1, 0.15) is 32.1 Å². The quantitative estimate of drug-likeness (QED) is 0.302. The highest BCUT2D eigenvalue weighted by atomic mass is 32.2. The number of para-hydroxylation sites is 1. The molecular weight excluding hydrogens is 601 g/mol. The lowest BCUT2D eigenvalue weighted by Crippen LogP contribution is -2.47.